The predicted molar refractivity (Wildman–Crippen MR) is 149 cm³/mol. The average Bonchev–Trinajstić information content (AvgIpc) is 3.13. The minimum Gasteiger partial charge on any atom is -0.458 e. The molecule has 4 rings (SSSR count). The number of carbonyl (C=O) groups excluding carboxylic acids is 1. The second-order valence-electron chi connectivity index (χ2n) is 15.1. The first kappa shape index (κ1) is 28.2. The molecule has 0 aromatic heterocycles. The van der Waals surface area contributed by atoms with Crippen molar-refractivity contribution in [3.63, 3.8) is 0 Å². The van der Waals surface area contributed by atoms with E-state index in [0.29, 0.717) is 10.8 Å². The maximum Gasteiger partial charge on any atom is 0.332 e. The van der Waals surface area contributed by atoms with Crippen molar-refractivity contribution in [2.75, 3.05) is 6.61 Å². The van der Waals surface area contributed by atoms with Crippen LogP contribution in [0, 0.1) is 46.3 Å². The quantitative estimate of drug-likeness (QED) is 0.247. The van der Waals surface area contributed by atoms with Crippen LogP contribution in [0.15, 0.2) is 11.6 Å². The Morgan fingerprint density at radius 3 is 2.47 bits per heavy atom. The minimum atomic E-state index is -0.451. The molecule has 0 saturated heterocycles. The molecule has 4 aliphatic carbocycles. The Balaban J connectivity index is 1.38. The summed E-state index contributed by atoms with van der Waals surface area (Å²) < 4.78 is 11.5. The Morgan fingerprint density at radius 2 is 1.78 bits per heavy atom. The molecule has 3 saturated carbocycles. The zero-order valence-electron chi connectivity index (χ0n) is 24.8. The van der Waals surface area contributed by atoms with E-state index >= 15 is 0 Å². The van der Waals surface area contributed by atoms with Gasteiger partial charge in [-0.3, -0.25) is 0 Å². The molecule has 0 radical (unpaired) electrons. The molecule has 1 unspecified atom stereocenters. The van der Waals surface area contributed by atoms with Crippen LogP contribution in [-0.2, 0) is 14.3 Å². The van der Waals surface area contributed by atoms with E-state index in [1.807, 2.05) is 20.8 Å². The molecule has 0 aromatic carbocycles. The molecule has 0 amide bonds. The van der Waals surface area contributed by atoms with E-state index in [2.05, 4.69) is 40.7 Å². The Hall–Kier alpha value is -0.830. The van der Waals surface area contributed by atoms with Gasteiger partial charge < -0.3 is 9.47 Å². The number of allylic oxidation sites excluding steroid dienone is 1. The Morgan fingerprint density at radius 1 is 1.03 bits per heavy atom. The van der Waals surface area contributed by atoms with Gasteiger partial charge in [-0.1, -0.05) is 65.5 Å². The van der Waals surface area contributed by atoms with Gasteiger partial charge >= 0.3 is 5.97 Å². The summed E-state index contributed by atoms with van der Waals surface area (Å²) in [7, 11) is 0. The summed E-state index contributed by atoms with van der Waals surface area (Å²) in [5.41, 5.74) is 2.06. The lowest BCUT2D eigenvalue weighted by molar-refractivity contribution is -0.163. The van der Waals surface area contributed by atoms with Crippen LogP contribution in [0.3, 0.4) is 0 Å². The maximum atomic E-state index is 12.2. The minimum absolute atomic E-state index is 0.0785. The van der Waals surface area contributed by atoms with Gasteiger partial charge in [-0.2, -0.15) is 0 Å². The van der Waals surface area contributed by atoms with Crippen LogP contribution in [-0.4, -0.2) is 24.3 Å². The molecular weight excluding hydrogens is 444 g/mol. The molecule has 0 heterocycles. The first-order chi connectivity index (χ1) is 16.8. The molecule has 0 spiro atoms. The van der Waals surface area contributed by atoms with Crippen molar-refractivity contribution in [3.8, 4) is 0 Å². The number of esters is 1. The summed E-state index contributed by atoms with van der Waals surface area (Å²) in [5.74, 6) is 4.99. The molecule has 0 aliphatic heterocycles. The number of hydrogen-bond acceptors (Lipinski definition) is 3. The topological polar surface area (TPSA) is 35.5 Å². The highest BCUT2D eigenvalue weighted by Gasteiger charge is 2.59. The zero-order valence-corrected chi connectivity index (χ0v) is 24.8. The van der Waals surface area contributed by atoms with E-state index in [9.17, 15) is 4.79 Å². The van der Waals surface area contributed by atoms with Crippen molar-refractivity contribution < 1.29 is 14.3 Å². The highest BCUT2D eigenvalue weighted by atomic mass is 16.6. The number of fused-ring (bicyclic) bond motifs is 5. The third kappa shape index (κ3) is 5.76. The average molecular weight is 501 g/mol. The van der Waals surface area contributed by atoms with E-state index in [0.717, 1.165) is 48.3 Å². The fraction of sp³-hybridized carbons (Fsp3) is 0.909. The van der Waals surface area contributed by atoms with Crippen molar-refractivity contribution in [2.24, 2.45) is 46.3 Å². The second kappa shape index (κ2) is 10.7. The standard InChI is InChI=1S/C33H56O3/c1-22(2)10-9-11-23(3)27-14-15-28-26-13-12-24-20-25(35-21-30(34)36-31(4,5)6)16-18-32(24,7)29(26)17-19-33(27,28)8/h12,22-23,25-29H,9-11,13-21H2,1-8H3/t23-,25?,26+,27-,28+,29+,32+,33-/m1/s1. The molecule has 36 heavy (non-hydrogen) atoms. The monoisotopic (exact) mass is 500 g/mol. The van der Waals surface area contributed by atoms with Gasteiger partial charge in [0.1, 0.15) is 12.2 Å². The summed E-state index contributed by atoms with van der Waals surface area (Å²) in [6.45, 7) is 18.4. The van der Waals surface area contributed by atoms with E-state index < -0.39 is 5.60 Å². The first-order valence-corrected chi connectivity index (χ1v) is 15.4. The molecule has 3 heteroatoms. The summed E-state index contributed by atoms with van der Waals surface area (Å²) >= 11 is 0. The lowest BCUT2D eigenvalue weighted by Gasteiger charge is -2.58. The van der Waals surface area contributed by atoms with Crippen LogP contribution in [0.5, 0.6) is 0 Å². The van der Waals surface area contributed by atoms with Crippen LogP contribution >= 0.6 is 0 Å². The molecule has 206 valence electrons. The van der Waals surface area contributed by atoms with Gasteiger partial charge in [0.05, 0.1) is 6.10 Å². The predicted octanol–water partition coefficient (Wildman–Crippen LogP) is 8.75. The van der Waals surface area contributed by atoms with E-state index in [1.165, 1.54) is 57.8 Å². The number of carbonyl (C=O) groups is 1. The number of rotatable bonds is 8. The van der Waals surface area contributed by atoms with Gasteiger partial charge in [-0.05, 0) is 118 Å². The Bertz CT molecular complexity index is 806. The smallest absolute Gasteiger partial charge is 0.332 e. The fourth-order valence-electron chi connectivity index (χ4n) is 9.35. The zero-order chi connectivity index (χ0) is 26.3. The highest BCUT2D eigenvalue weighted by molar-refractivity contribution is 5.71. The lowest BCUT2D eigenvalue weighted by atomic mass is 9.47. The molecule has 8 atom stereocenters. The largest absolute Gasteiger partial charge is 0.458 e. The van der Waals surface area contributed by atoms with E-state index in [1.54, 1.807) is 5.57 Å². The van der Waals surface area contributed by atoms with Crippen LogP contribution in [0.25, 0.3) is 0 Å². The molecule has 0 bridgehead atoms. The van der Waals surface area contributed by atoms with Crippen LogP contribution < -0.4 is 0 Å². The second-order valence-corrected chi connectivity index (χ2v) is 15.1. The molecular formula is C33H56O3. The number of hydrogen-bond donors (Lipinski definition) is 0. The summed E-state index contributed by atoms with van der Waals surface area (Å²) in [5, 5.41) is 0. The van der Waals surface area contributed by atoms with Gasteiger partial charge in [-0.15, -0.1) is 0 Å². The summed E-state index contributed by atoms with van der Waals surface area (Å²) in [6.07, 6.45) is 17.3. The third-order valence-electron chi connectivity index (χ3n) is 11.1. The van der Waals surface area contributed by atoms with Crippen molar-refractivity contribution in [1.82, 2.24) is 0 Å². The normalized spacial score (nSPS) is 39.1. The Labute approximate surface area is 222 Å². The van der Waals surface area contributed by atoms with E-state index in [-0.39, 0.29) is 18.7 Å². The van der Waals surface area contributed by atoms with Crippen molar-refractivity contribution >= 4 is 5.97 Å². The van der Waals surface area contributed by atoms with Crippen LogP contribution in [0.2, 0.25) is 0 Å². The molecule has 4 aliphatic rings. The third-order valence-corrected chi connectivity index (χ3v) is 11.1. The lowest BCUT2D eigenvalue weighted by Crippen LogP contribution is -2.51. The van der Waals surface area contributed by atoms with Crippen molar-refractivity contribution in [1.29, 1.82) is 0 Å². The van der Waals surface area contributed by atoms with Crippen LogP contribution in [0.1, 0.15) is 126 Å². The molecule has 0 aromatic rings. The Kier molecular flexibility index (Phi) is 8.41. The van der Waals surface area contributed by atoms with Gasteiger partial charge in [-0.25, -0.2) is 4.79 Å². The number of ether oxygens (including phenoxy) is 2. The van der Waals surface area contributed by atoms with Crippen molar-refractivity contribution in [2.45, 2.75) is 138 Å². The van der Waals surface area contributed by atoms with Gasteiger partial charge in [0, 0.05) is 0 Å². The maximum absolute atomic E-state index is 12.2. The van der Waals surface area contributed by atoms with Gasteiger partial charge in [0.25, 0.3) is 0 Å². The molecule has 3 nitrogen and oxygen atoms in total. The molecule has 0 N–H and O–H groups in total. The summed E-state index contributed by atoms with van der Waals surface area (Å²) in [6, 6.07) is 0. The van der Waals surface area contributed by atoms with Gasteiger partial charge in [0.15, 0.2) is 0 Å². The first-order valence-electron chi connectivity index (χ1n) is 15.4. The summed E-state index contributed by atoms with van der Waals surface area (Å²) in [4.78, 5) is 12.2. The SMILES string of the molecule is CC(C)CCC[C@@H](C)[C@H]1CC[C@H]2[C@@H]3CC=C4CC(OCC(=O)OC(C)(C)C)CC[C@]4(C)[C@H]3CC[C@]12C. The van der Waals surface area contributed by atoms with Gasteiger partial charge in [0.2, 0.25) is 0 Å². The highest BCUT2D eigenvalue weighted by Crippen LogP contribution is 2.67. The fourth-order valence-corrected chi connectivity index (χ4v) is 9.35. The van der Waals surface area contributed by atoms with Crippen molar-refractivity contribution in [3.05, 3.63) is 11.6 Å². The van der Waals surface area contributed by atoms with E-state index in [4.69, 9.17) is 9.47 Å². The molecule has 3 fully saturated rings. The van der Waals surface area contributed by atoms with Crippen LogP contribution in [0.4, 0.5) is 0 Å².